The Balaban J connectivity index is 2.02. The third-order valence-corrected chi connectivity index (χ3v) is 4.68. The van der Waals surface area contributed by atoms with Crippen LogP contribution >= 0.6 is 11.6 Å². The molecule has 1 amide bonds. The Hall–Kier alpha value is -2.33. The van der Waals surface area contributed by atoms with E-state index in [0.717, 1.165) is 11.1 Å². The molecule has 0 radical (unpaired) electrons. The van der Waals surface area contributed by atoms with Gasteiger partial charge in [0.15, 0.2) is 0 Å². The van der Waals surface area contributed by atoms with Crippen LogP contribution in [0, 0.1) is 6.92 Å². The van der Waals surface area contributed by atoms with Gasteiger partial charge in [-0.05, 0) is 37.5 Å². The summed E-state index contributed by atoms with van der Waals surface area (Å²) in [7, 11) is 0. The zero-order chi connectivity index (χ0) is 19.6. The molecule has 0 spiro atoms. The molecule has 2 aromatic rings. The summed E-state index contributed by atoms with van der Waals surface area (Å²) in [5, 5.41) is 0.616. The Kier molecular flexibility index (Phi) is 8.34. The molecule has 5 heteroatoms. The van der Waals surface area contributed by atoms with Crippen molar-refractivity contribution in [3.05, 3.63) is 70.2 Å². The summed E-state index contributed by atoms with van der Waals surface area (Å²) in [6.07, 6.45) is 1.22. The van der Waals surface area contributed by atoms with E-state index in [0.29, 0.717) is 37.6 Å². The monoisotopic (exact) mass is 387 g/mol. The highest BCUT2D eigenvalue weighted by molar-refractivity contribution is 6.31. The molecule has 0 heterocycles. The highest BCUT2D eigenvalue weighted by Crippen LogP contribution is 2.18. The van der Waals surface area contributed by atoms with E-state index in [-0.39, 0.29) is 18.3 Å². The third-order valence-electron chi connectivity index (χ3n) is 4.31. The quantitative estimate of drug-likeness (QED) is 0.592. The Bertz CT molecular complexity index is 758. The second kappa shape index (κ2) is 10.7. The van der Waals surface area contributed by atoms with E-state index in [9.17, 15) is 9.59 Å². The molecule has 27 heavy (non-hydrogen) atoms. The zero-order valence-electron chi connectivity index (χ0n) is 15.9. The van der Waals surface area contributed by atoms with Crippen molar-refractivity contribution in [2.75, 3.05) is 13.2 Å². The van der Waals surface area contributed by atoms with Crippen LogP contribution in [-0.2, 0) is 27.3 Å². The largest absolute Gasteiger partial charge is 0.466 e. The maximum atomic E-state index is 12.8. The van der Waals surface area contributed by atoms with E-state index in [1.54, 1.807) is 17.9 Å². The van der Waals surface area contributed by atoms with Gasteiger partial charge in [-0.25, -0.2) is 0 Å². The minimum atomic E-state index is -0.298. The first-order valence-corrected chi connectivity index (χ1v) is 9.59. The molecule has 144 valence electrons. The number of esters is 1. The lowest BCUT2D eigenvalue weighted by Crippen LogP contribution is -2.33. The molecule has 0 atom stereocenters. The summed E-state index contributed by atoms with van der Waals surface area (Å²) in [6.45, 7) is 4.84. The van der Waals surface area contributed by atoms with Crippen LogP contribution in [0.25, 0.3) is 0 Å². The summed E-state index contributed by atoms with van der Waals surface area (Å²) in [4.78, 5) is 26.2. The summed E-state index contributed by atoms with van der Waals surface area (Å²) in [5.41, 5.74) is 3.18. The second-order valence-corrected chi connectivity index (χ2v) is 6.85. The molecule has 2 aromatic carbocycles. The predicted molar refractivity (Wildman–Crippen MR) is 108 cm³/mol. The molecular formula is C22H26ClNO3. The predicted octanol–water partition coefficient (Wildman–Crippen LogP) is 4.56. The first-order chi connectivity index (χ1) is 13.0. The SMILES string of the molecule is CCOC(=O)CCN(Cc1ccccc1Cl)C(=O)CCc1ccc(C)cc1. The maximum Gasteiger partial charge on any atom is 0.307 e. The van der Waals surface area contributed by atoms with Gasteiger partial charge >= 0.3 is 5.97 Å². The van der Waals surface area contributed by atoms with Crippen LogP contribution in [0.4, 0.5) is 0 Å². The lowest BCUT2D eigenvalue weighted by Gasteiger charge is -2.23. The average molecular weight is 388 g/mol. The standard InChI is InChI=1S/C22H26ClNO3/c1-3-27-22(26)14-15-24(16-19-6-4-5-7-20(19)23)21(25)13-12-18-10-8-17(2)9-11-18/h4-11H,3,12-16H2,1-2H3. The second-order valence-electron chi connectivity index (χ2n) is 6.45. The summed E-state index contributed by atoms with van der Waals surface area (Å²) >= 11 is 6.24. The number of halogens is 1. The molecule has 2 rings (SSSR count). The normalized spacial score (nSPS) is 10.5. The number of carbonyl (C=O) groups is 2. The third kappa shape index (κ3) is 7.06. The number of hydrogen-bond acceptors (Lipinski definition) is 3. The van der Waals surface area contributed by atoms with Gasteiger partial charge in [0.05, 0.1) is 13.0 Å². The summed E-state index contributed by atoms with van der Waals surface area (Å²) in [6, 6.07) is 15.6. The van der Waals surface area contributed by atoms with Crippen molar-refractivity contribution in [2.45, 2.75) is 39.7 Å². The minimum absolute atomic E-state index is 0.000191. The molecule has 0 unspecified atom stereocenters. The van der Waals surface area contributed by atoms with Crippen LogP contribution in [0.5, 0.6) is 0 Å². The molecule has 0 aliphatic heterocycles. The highest BCUT2D eigenvalue weighted by Gasteiger charge is 2.17. The van der Waals surface area contributed by atoms with Crippen molar-refractivity contribution in [1.82, 2.24) is 4.90 Å². The van der Waals surface area contributed by atoms with Gasteiger partial charge in [-0.15, -0.1) is 0 Å². The van der Waals surface area contributed by atoms with Gasteiger partial charge in [0.1, 0.15) is 0 Å². The molecule has 0 aliphatic rings. The number of hydrogen-bond donors (Lipinski definition) is 0. The number of aryl methyl sites for hydroxylation is 2. The Labute approximate surface area is 166 Å². The van der Waals surface area contributed by atoms with Crippen LogP contribution in [0.15, 0.2) is 48.5 Å². The van der Waals surface area contributed by atoms with E-state index < -0.39 is 0 Å². The Morgan fingerprint density at radius 3 is 2.41 bits per heavy atom. The van der Waals surface area contributed by atoms with Crippen molar-refractivity contribution in [3.8, 4) is 0 Å². The topological polar surface area (TPSA) is 46.6 Å². The van der Waals surface area contributed by atoms with Crippen LogP contribution < -0.4 is 0 Å². The van der Waals surface area contributed by atoms with Gasteiger partial charge in [-0.2, -0.15) is 0 Å². The fraction of sp³-hybridized carbons (Fsp3) is 0.364. The number of benzene rings is 2. The molecule has 0 saturated heterocycles. The smallest absolute Gasteiger partial charge is 0.307 e. The first-order valence-electron chi connectivity index (χ1n) is 9.22. The zero-order valence-corrected chi connectivity index (χ0v) is 16.7. The van der Waals surface area contributed by atoms with E-state index in [1.807, 2.05) is 49.4 Å². The Morgan fingerprint density at radius 1 is 1.04 bits per heavy atom. The van der Waals surface area contributed by atoms with E-state index >= 15 is 0 Å². The van der Waals surface area contributed by atoms with E-state index in [1.165, 1.54) is 5.56 Å². The van der Waals surface area contributed by atoms with Gasteiger partial charge < -0.3 is 9.64 Å². The molecule has 0 bridgehead atoms. The number of nitrogens with zero attached hydrogens (tertiary/aromatic N) is 1. The van der Waals surface area contributed by atoms with Crippen LogP contribution in [-0.4, -0.2) is 29.9 Å². The van der Waals surface area contributed by atoms with Crippen molar-refractivity contribution in [3.63, 3.8) is 0 Å². The van der Waals surface area contributed by atoms with Crippen LogP contribution in [0.1, 0.15) is 36.5 Å². The van der Waals surface area contributed by atoms with Crippen LogP contribution in [0.2, 0.25) is 5.02 Å². The van der Waals surface area contributed by atoms with Gasteiger partial charge in [-0.3, -0.25) is 9.59 Å². The molecule has 0 saturated carbocycles. The maximum absolute atomic E-state index is 12.8. The molecule has 0 N–H and O–H groups in total. The van der Waals surface area contributed by atoms with Crippen molar-refractivity contribution in [2.24, 2.45) is 0 Å². The fourth-order valence-corrected chi connectivity index (χ4v) is 2.94. The fourth-order valence-electron chi connectivity index (χ4n) is 2.75. The molecule has 0 fully saturated rings. The number of ether oxygens (including phenoxy) is 1. The van der Waals surface area contributed by atoms with Gasteiger partial charge in [-0.1, -0.05) is 59.6 Å². The number of amides is 1. The van der Waals surface area contributed by atoms with Crippen molar-refractivity contribution >= 4 is 23.5 Å². The lowest BCUT2D eigenvalue weighted by molar-refractivity contribution is -0.144. The van der Waals surface area contributed by atoms with Crippen molar-refractivity contribution < 1.29 is 14.3 Å². The number of carbonyl (C=O) groups excluding carboxylic acids is 2. The highest BCUT2D eigenvalue weighted by atomic mass is 35.5. The van der Waals surface area contributed by atoms with E-state index in [2.05, 4.69) is 0 Å². The van der Waals surface area contributed by atoms with Gasteiger partial charge in [0.2, 0.25) is 5.91 Å². The average Bonchev–Trinajstić information content (AvgIpc) is 2.66. The van der Waals surface area contributed by atoms with Gasteiger partial charge in [0.25, 0.3) is 0 Å². The molecular weight excluding hydrogens is 362 g/mol. The van der Waals surface area contributed by atoms with Gasteiger partial charge in [0, 0.05) is 24.5 Å². The first kappa shape index (κ1) is 21.0. The van der Waals surface area contributed by atoms with E-state index in [4.69, 9.17) is 16.3 Å². The van der Waals surface area contributed by atoms with Crippen molar-refractivity contribution in [1.29, 1.82) is 0 Å². The van der Waals surface area contributed by atoms with Crippen LogP contribution in [0.3, 0.4) is 0 Å². The Morgan fingerprint density at radius 2 is 1.74 bits per heavy atom. The number of rotatable bonds is 9. The lowest BCUT2D eigenvalue weighted by atomic mass is 10.1. The molecule has 4 nitrogen and oxygen atoms in total. The minimum Gasteiger partial charge on any atom is -0.466 e. The molecule has 0 aliphatic carbocycles. The summed E-state index contributed by atoms with van der Waals surface area (Å²) < 4.78 is 4.98. The summed E-state index contributed by atoms with van der Waals surface area (Å²) in [5.74, 6) is -0.298. The molecule has 0 aromatic heterocycles.